The summed E-state index contributed by atoms with van der Waals surface area (Å²) < 4.78 is 6.03. The molecule has 5 rings (SSSR count). The summed E-state index contributed by atoms with van der Waals surface area (Å²) in [5, 5.41) is 15.2. The number of nitrogens with zero attached hydrogens (tertiary/aromatic N) is 4. The number of nitrogens with one attached hydrogen (secondary N) is 1. The number of aliphatic hydroxyl groups excluding tert-OH is 1. The fourth-order valence-corrected chi connectivity index (χ4v) is 4.55. The lowest BCUT2D eigenvalue weighted by molar-refractivity contribution is -0.929. The monoisotopic (exact) mass is 422 g/mol. The zero-order valence-electron chi connectivity index (χ0n) is 16.6. The smallest absolute Gasteiger partial charge is 0.263 e. The van der Waals surface area contributed by atoms with Gasteiger partial charge in [0, 0.05) is 12.8 Å². The number of fused-ring (bicyclic) bond motifs is 3. The van der Waals surface area contributed by atoms with Crippen LogP contribution in [0.25, 0.3) is 16.7 Å². The van der Waals surface area contributed by atoms with Gasteiger partial charge in [-0.05, 0) is 29.9 Å². The number of piperidine rings is 1. The van der Waals surface area contributed by atoms with Gasteiger partial charge in [0.2, 0.25) is 10.5 Å². The molecule has 2 aromatic carbocycles. The maximum Gasteiger partial charge on any atom is 0.263 e. The largest absolute Gasteiger partial charge is 0.393 e. The summed E-state index contributed by atoms with van der Waals surface area (Å²) in [6.45, 7) is 2.83. The second-order valence-corrected chi connectivity index (χ2v) is 8.32. The van der Waals surface area contributed by atoms with Crippen molar-refractivity contribution < 1.29 is 10.0 Å². The quantitative estimate of drug-likeness (QED) is 0.486. The van der Waals surface area contributed by atoms with Gasteiger partial charge in [-0.25, -0.2) is 0 Å². The first-order valence-electron chi connectivity index (χ1n) is 10.3. The summed E-state index contributed by atoms with van der Waals surface area (Å²) in [6.07, 6.45) is 1.37. The van der Waals surface area contributed by atoms with Crippen LogP contribution in [0.2, 0.25) is 0 Å². The van der Waals surface area contributed by atoms with Crippen molar-refractivity contribution in [1.29, 1.82) is 0 Å². The Balaban J connectivity index is 1.67. The van der Waals surface area contributed by atoms with E-state index in [1.54, 1.807) is 4.57 Å². The summed E-state index contributed by atoms with van der Waals surface area (Å²) >= 11 is 5.80. The highest BCUT2D eigenvalue weighted by molar-refractivity contribution is 7.71. The molecule has 0 amide bonds. The molecular weight excluding hydrogens is 398 g/mol. The first-order chi connectivity index (χ1) is 14.6. The molecule has 0 radical (unpaired) electrons. The Labute approximate surface area is 178 Å². The first kappa shape index (κ1) is 19.2. The molecule has 3 heterocycles. The van der Waals surface area contributed by atoms with E-state index in [0.29, 0.717) is 29.1 Å². The molecule has 8 heteroatoms. The zero-order chi connectivity index (χ0) is 20.7. The van der Waals surface area contributed by atoms with Gasteiger partial charge >= 0.3 is 0 Å². The lowest BCUT2D eigenvalue weighted by atomic mass is 10.1. The highest BCUT2D eigenvalue weighted by Crippen LogP contribution is 2.15. The van der Waals surface area contributed by atoms with Gasteiger partial charge in [0.1, 0.15) is 0 Å². The Hall–Kier alpha value is -2.81. The van der Waals surface area contributed by atoms with Crippen LogP contribution in [0.4, 0.5) is 0 Å². The molecule has 0 saturated carbocycles. The average molecular weight is 423 g/mol. The molecule has 0 atom stereocenters. The Morgan fingerprint density at radius 3 is 2.53 bits per heavy atom. The van der Waals surface area contributed by atoms with Gasteiger partial charge in [0.05, 0.1) is 36.6 Å². The van der Waals surface area contributed by atoms with Crippen LogP contribution in [0, 0.1) is 4.77 Å². The highest BCUT2D eigenvalue weighted by atomic mass is 32.1. The van der Waals surface area contributed by atoms with E-state index in [1.165, 1.54) is 4.90 Å². The topological polar surface area (TPSA) is 68.9 Å². The van der Waals surface area contributed by atoms with E-state index in [1.807, 2.05) is 63.7 Å². The van der Waals surface area contributed by atoms with E-state index in [-0.39, 0.29) is 11.7 Å². The molecule has 1 aliphatic rings. The van der Waals surface area contributed by atoms with Crippen molar-refractivity contribution >= 4 is 28.9 Å². The molecule has 1 aliphatic heterocycles. The average Bonchev–Trinajstić information content (AvgIpc) is 3.09. The van der Waals surface area contributed by atoms with Gasteiger partial charge in [-0.3, -0.25) is 13.8 Å². The molecule has 0 bridgehead atoms. The number of aliphatic hydroxyl groups is 1. The van der Waals surface area contributed by atoms with E-state index in [0.717, 1.165) is 37.0 Å². The van der Waals surface area contributed by atoms with E-state index in [2.05, 4.69) is 0 Å². The minimum Gasteiger partial charge on any atom is -0.393 e. The number of likely N-dealkylation sites (tertiary alicyclic amines) is 1. The number of para-hydroxylation sites is 1. The predicted molar refractivity (Wildman–Crippen MR) is 117 cm³/mol. The van der Waals surface area contributed by atoms with E-state index < -0.39 is 0 Å². The van der Waals surface area contributed by atoms with Crippen molar-refractivity contribution in [3.05, 3.63) is 75.3 Å². The maximum absolute atomic E-state index is 13.3. The minimum absolute atomic E-state index is 0.0671. The zero-order valence-corrected chi connectivity index (χ0v) is 17.4. The van der Waals surface area contributed by atoms with Gasteiger partial charge in [-0.15, -0.1) is 5.10 Å². The summed E-state index contributed by atoms with van der Waals surface area (Å²) in [7, 11) is 0. The molecule has 154 valence electrons. The third kappa shape index (κ3) is 3.36. The van der Waals surface area contributed by atoms with Crippen LogP contribution in [0.15, 0.2) is 59.4 Å². The van der Waals surface area contributed by atoms with Crippen LogP contribution < -0.4 is 10.5 Å². The van der Waals surface area contributed by atoms with Crippen molar-refractivity contribution in [1.82, 2.24) is 18.7 Å². The van der Waals surface area contributed by atoms with Gasteiger partial charge in [-0.2, -0.15) is 4.68 Å². The molecule has 7 nitrogen and oxygen atoms in total. The highest BCUT2D eigenvalue weighted by Gasteiger charge is 2.22. The SMILES string of the molecule is O=c1c2ccccc2n2c(=S)n(C[NH+]3CCC(O)CC3)nc2n1Cc1ccccc1. The van der Waals surface area contributed by atoms with Crippen molar-refractivity contribution in [3.8, 4) is 0 Å². The third-order valence-corrected chi connectivity index (χ3v) is 6.30. The van der Waals surface area contributed by atoms with Crippen LogP contribution in [0.3, 0.4) is 0 Å². The van der Waals surface area contributed by atoms with E-state index in [9.17, 15) is 9.90 Å². The van der Waals surface area contributed by atoms with Crippen molar-refractivity contribution in [2.75, 3.05) is 13.1 Å². The number of aromatic nitrogens is 4. The summed E-state index contributed by atoms with van der Waals surface area (Å²) in [6, 6.07) is 17.5. The predicted octanol–water partition coefficient (Wildman–Crippen LogP) is 1.23. The Morgan fingerprint density at radius 2 is 1.77 bits per heavy atom. The van der Waals surface area contributed by atoms with E-state index >= 15 is 0 Å². The molecule has 2 aromatic heterocycles. The van der Waals surface area contributed by atoms with Gasteiger partial charge in [-0.1, -0.05) is 42.5 Å². The Kier molecular flexibility index (Phi) is 4.98. The summed E-state index contributed by atoms with van der Waals surface area (Å²) in [4.78, 5) is 14.7. The van der Waals surface area contributed by atoms with Crippen molar-refractivity contribution in [2.45, 2.75) is 32.2 Å². The van der Waals surface area contributed by atoms with Crippen LogP contribution in [0.1, 0.15) is 18.4 Å². The maximum atomic E-state index is 13.3. The van der Waals surface area contributed by atoms with Crippen molar-refractivity contribution in [3.63, 3.8) is 0 Å². The molecule has 30 heavy (non-hydrogen) atoms. The number of quaternary nitrogens is 1. The normalized spacial score (nSPS) is 19.5. The molecule has 2 N–H and O–H groups in total. The molecule has 0 aliphatic carbocycles. The lowest BCUT2D eigenvalue weighted by Crippen LogP contribution is -3.12. The number of rotatable bonds is 4. The van der Waals surface area contributed by atoms with Crippen molar-refractivity contribution in [2.24, 2.45) is 0 Å². The number of hydrogen-bond donors (Lipinski definition) is 2. The van der Waals surface area contributed by atoms with Gasteiger partial charge in [0.25, 0.3) is 5.56 Å². The van der Waals surface area contributed by atoms with Crippen LogP contribution in [0.5, 0.6) is 0 Å². The minimum atomic E-state index is -0.206. The second kappa shape index (κ2) is 7.79. The molecule has 1 saturated heterocycles. The second-order valence-electron chi connectivity index (χ2n) is 7.95. The number of benzene rings is 2. The summed E-state index contributed by atoms with van der Waals surface area (Å²) in [5.74, 6) is 0.559. The fraction of sp³-hybridized carbons (Fsp3) is 0.318. The molecule has 4 aromatic rings. The molecule has 1 fully saturated rings. The third-order valence-electron chi connectivity index (χ3n) is 5.90. The van der Waals surface area contributed by atoms with Gasteiger partial charge < -0.3 is 10.0 Å². The van der Waals surface area contributed by atoms with Crippen LogP contribution in [-0.4, -0.2) is 43.0 Å². The van der Waals surface area contributed by atoms with Gasteiger partial charge in [0.15, 0.2) is 6.67 Å². The molecule has 0 unspecified atom stereocenters. The van der Waals surface area contributed by atoms with E-state index in [4.69, 9.17) is 17.3 Å². The van der Waals surface area contributed by atoms with Crippen LogP contribution >= 0.6 is 12.2 Å². The molecule has 0 spiro atoms. The number of hydrogen-bond acceptors (Lipinski definition) is 4. The standard InChI is InChI=1S/C22H23N5O2S/c28-17-10-12-24(13-11-17)15-26-22(30)27-19-9-5-4-8-18(19)20(29)25(21(27)23-26)14-16-6-2-1-3-7-16/h1-9,17,28H,10-15H2/p+1. The van der Waals surface area contributed by atoms with Crippen LogP contribution in [-0.2, 0) is 13.2 Å². The fourth-order valence-electron chi connectivity index (χ4n) is 4.26. The first-order valence-corrected chi connectivity index (χ1v) is 10.7. The Morgan fingerprint density at radius 1 is 1.07 bits per heavy atom. The summed E-state index contributed by atoms with van der Waals surface area (Å²) in [5.41, 5.74) is 1.75. The lowest BCUT2D eigenvalue weighted by Gasteiger charge is -2.26. The Bertz CT molecular complexity index is 1320. The molecular formula is C22H24N5O2S+.